The average molecular weight is 236 g/mol. The molecule has 3 heteroatoms. The molecular formula is C14H20O3. The van der Waals surface area contributed by atoms with Crippen LogP contribution in [0, 0.1) is 5.92 Å². The molecule has 17 heavy (non-hydrogen) atoms. The zero-order valence-corrected chi connectivity index (χ0v) is 10.9. The van der Waals surface area contributed by atoms with Gasteiger partial charge in [-0.3, -0.25) is 4.79 Å². The maximum absolute atomic E-state index is 12.0. The van der Waals surface area contributed by atoms with E-state index in [9.17, 15) is 4.79 Å². The second-order valence-electron chi connectivity index (χ2n) is 4.22. The molecule has 1 aromatic rings. The van der Waals surface area contributed by atoms with E-state index in [1.54, 1.807) is 7.11 Å². The molecule has 0 saturated heterocycles. The molecule has 1 unspecified atom stereocenters. The van der Waals surface area contributed by atoms with Crippen LogP contribution in [0.15, 0.2) is 24.3 Å². The van der Waals surface area contributed by atoms with E-state index in [-0.39, 0.29) is 17.8 Å². The molecule has 3 nitrogen and oxygen atoms in total. The lowest BCUT2D eigenvalue weighted by atomic mass is 9.88. The Labute approximate surface area is 103 Å². The summed E-state index contributed by atoms with van der Waals surface area (Å²) in [5.74, 6) is 0.447. The molecule has 1 atom stereocenters. The summed E-state index contributed by atoms with van der Waals surface area (Å²) in [6, 6.07) is 7.59. The van der Waals surface area contributed by atoms with Crippen LogP contribution in [0.3, 0.4) is 0 Å². The lowest BCUT2D eigenvalue weighted by Gasteiger charge is -2.21. The van der Waals surface area contributed by atoms with Gasteiger partial charge in [0.1, 0.15) is 5.75 Å². The molecule has 1 rings (SSSR count). The van der Waals surface area contributed by atoms with Crippen LogP contribution in [0.2, 0.25) is 0 Å². The highest BCUT2D eigenvalue weighted by Crippen LogP contribution is 2.32. The normalized spacial score (nSPS) is 12.3. The van der Waals surface area contributed by atoms with Crippen LogP contribution in [0.4, 0.5) is 0 Å². The first-order valence-electron chi connectivity index (χ1n) is 5.91. The van der Waals surface area contributed by atoms with Gasteiger partial charge in [0.05, 0.1) is 19.6 Å². The van der Waals surface area contributed by atoms with Crippen molar-refractivity contribution < 1.29 is 14.3 Å². The summed E-state index contributed by atoms with van der Waals surface area (Å²) in [5, 5.41) is 0. The summed E-state index contributed by atoms with van der Waals surface area (Å²) in [5.41, 5.74) is 0.892. The van der Waals surface area contributed by atoms with Gasteiger partial charge in [-0.1, -0.05) is 32.0 Å². The van der Waals surface area contributed by atoms with Crippen molar-refractivity contribution in [2.24, 2.45) is 5.92 Å². The van der Waals surface area contributed by atoms with Gasteiger partial charge in [-0.15, -0.1) is 0 Å². The molecular weight excluding hydrogens is 216 g/mol. The Balaban J connectivity index is 3.09. The van der Waals surface area contributed by atoms with Crippen molar-refractivity contribution in [3.8, 4) is 5.75 Å². The molecule has 0 aromatic heterocycles. The second-order valence-corrected chi connectivity index (χ2v) is 4.22. The Morgan fingerprint density at radius 2 is 1.94 bits per heavy atom. The van der Waals surface area contributed by atoms with Gasteiger partial charge in [-0.25, -0.2) is 0 Å². The second kappa shape index (κ2) is 6.28. The van der Waals surface area contributed by atoms with Crippen molar-refractivity contribution in [2.45, 2.75) is 26.7 Å². The Morgan fingerprint density at radius 3 is 2.47 bits per heavy atom. The number of para-hydroxylation sites is 1. The zero-order valence-electron chi connectivity index (χ0n) is 10.9. The van der Waals surface area contributed by atoms with Gasteiger partial charge in [0.2, 0.25) is 0 Å². The quantitative estimate of drug-likeness (QED) is 0.737. The molecule has 0 fully saturated rings. The summed E-state index contributed by atoms with van der Waals surface area (Å²) in [6.07, 6.45) is 0. The number of hydrogen-bond acceptors (Lipinski definition) is 3. The van der Waals surface area contributed by atoms with Gasteiger partial charge in [0.15, 0.2) is 0 Å². The Hall–Kier alpha value is -1.51. The fraction of sp³-hybridized carbons (Fsp3) is 0.500. The van der Waals surface area contributed by atoms with Crippen molar-refractivity contribution in [2.75, 3.05) is 13.7 Å². The monoisotopic (exact) mass is 236 g/mol. The third kappa shape index (κ3) is 3.22. The van der Waals surface area contributed by atoms with Crippen molar-refractivity contribution in [3.63, 3.8) is 0 Å². The van der Waals surface area contributed by atoms with E-state index in [0.29, 0.717) is 6.61 Å². The van der Waals surface area contributed by atoms with E-state index in [2.05, 4.69) is 0 Å². The standard InChI is InChI=1S/C14H20O3/c1-5-17-14(15)13(10(2)3)11-8-6-7-9-12(11)16-4/h6-10,13H,5H2,1-4H3. The largest absolute Gasteiger partial charge is 0.496 e. The molecule has 0 radical (unpaired) electrons. The van der Waals surface area contributed by atoms with Crippen LogP contribution in [-0.4, -0.2) is 19.7 Å². The van der Waals surface area contributed by atoms with Gasteiger partial charge in [-0.05, 0) is 18.9 Å². The van der Waals surface area contributed by atoms with Gasteiger partial charge in [0.25, 0.3) is 0 Å². The van der Waals surface area contributed by atoms with Crippen LogP contribution < -0.4 is 4.74 Å². The SMILES string of the molecule is CCOC(=O)C(c1ccccc1OC)C(C)C. The summed E-state index contributed by atoms with van der Waals surface area (Å²) >= 11 is 0. The maximum atomic E-state index is 12.0. The van der Waals surface area contributed by atoms with E-state index in [0.717, 1.165) is 11.3 Å². The lowest BCUT2D eigenvalue weighted by Crippen LogP contribution is -2.21. The van der Waals surface area contributed by atoms with Gasteiger partial charge in [-0.2, -0.15) is 0 Å². The lowest BCUT2D eigenvalue weighted by molar-refractivity contribution is -0.146. The molecule has 0 aliphatic rings. The highest BCUT2D eigenvalue weighted by atomic mass is 16.5. The van der Waals surface area contributed by atoms with E-state index < -0.39 is 0 Å². The number of carbonyl (C=O) groups is 1. The van der Waals surface area contributed by atoms with Gasteiger partial charge < -0.3 is 9.47 Å². The van der Waals surface area contributed by atoms with E-state index >= 15 is 0 Å². The molecule has 0 amide bonds. The number of carbonyl (C=O) groups excluding carboxylic acids is 1. The summed E-state index contributed by atoms with van der Waals surface area (Å²) < 4.78 is 10.4. The highest BCUT2D eigenvalue weighted by Gasteiger charge is 2.27. The Morgan fingerprint density at radius 1 is 1.29 bits per heavy atom. The molecule has 0 saturated carbocycles. The average Bonchev–Trinajstić information content (AvgIpc) is 2.30. The van der Waals surface area contributed by atoms with E-state index in [1.165, 1.54) is 0 Å². The molecule has 0 heterocycles. The van der Waals surface area contributed by atoms with Crippen LogP contribution in [0.5, 0.6) is 5.75 Å². The van der Waals surface area contributed by atoms with Crippen LogP contribution in [0.1, 0.15) is 32.3 Å². The molecule has 0 aliphatic carbocycles. The minimum atomic E-state index is -0.272. The van der Waals surface area contributed by atoms with Gasteiger partial charge in [0, 0.05) is 5.56 Å². The summed E-state index contributed by atoms with van der Waals surface area (Å²) in [7, 11) is 1.61. The van der Waals surface area contributed by atoms with Crippen molar-refractivity contribution in [1.29, 1.82) is 0 Å². The van der Waals surface area contributed by atoms with Gasteiger partial charge >= 0.3 is 5.97 Å². The molecule has 0 N–H and O–H groups in total. The topological polar surface area (TPSA) is 35.5 Å². The molecule has 1 aromatic carbocycles. The smallest absolute Gasteiger partial charge is 0.313 e. The Bertz CT molecular complexity index is 371. The van der Waals surface area contributed by atoms with Crippen molar-refractivity contribution >= 4 is 5.97 Å². The third-order valence-electron chi connectivity index (χ3n) is 2.68. The number of ether oxygens (including phenoxy) is 2. The van der Waals surface area contributed by atoms with Crippen LogP contribution in [0.25, 0.3) is 0 Å². The fourth-order valence-electron chi connectivity index (χ4n) is 1.91. The number of benzene rings is 1. The predicted octanol–water partition coefficient (Wildman–Crippen LogP) is 3.00. The minimum absolute atomic E-state index is 0.172. The molecule has 0 aliphatic heterocycles. The van der Waals surface area contributed by atoms with Crippen LogP contribution in [-0.2, 0) is 9.53 Å². The first-order chi connectivity index (χ1) is 8.11. The van der Waals surface area contributed by atoms with Crippen molar-refractivity contribution in [1.82, 2.24) is 0 Å². The maximum Gasteiger partial charge on any atom is 0.313 e. The third-order valence-corrected chi connectivity index (χ3v) is 2.68. The molecule has 0 spiro atoms. The number of methoxy groups -OCH3 is 1. The highest BCUT2D eigenvalue weighted by molar-refractivity contribution is 5.79. The summed E-state index contributed by atoms with van der Waals surface area (Å²) in [6.45, 7) is 6.23. The fourth-order valence-corrected chi connectivity index (χ4v) is 1.91. The zero-order chi connectivity index (χ0) is 12.8. The number of hydrogen-bond donors (Lipinski definition) is 0. The number of rotatable bonds is 5. The van der Waals surface area contributed by atoms with E-state index in [1.807, 2.05) is 45.0 Å². The molecule has 94 valence electrons. The van der Waals surface area contributed by atoms with Crippen LogP contribution >= 0.6 is 0 Å². The minimum Gasteiger partial charge on any atom is -0.496 e. The van der Waals surface area contributed by atoms with Crippen molar-refractivity contribution in [3.05, 3.63) is 29.8 Å². The number of esters is 1. The first-order valence-corrected chi connectivity index (χ1v) is 5.91. The summed E-state index contributed by atoms with van der Waals surface area (Å²) in [4.78, 5) is 12.0. The molecule has 0 bridgehead atoms. The first kappa shape index (κ1) is 13.6. The Kier molecular flexibility index (Phi) is 5.01. The van der Waals surface area contributed by atoms with E-state index in [4.69, 9.17) is 9.47 Å². The predicted molar refractivity (Wildman–Crippen MR) is 67.2 cm³/mol.